The summed E-state index contributed by atoms with van der Waals surface area (Å²) in [5, 5.41) is 11.0. The van der Waals surface area contributed by atoms with Gasteiger partial charge in [-0.15, -0.1) is 0 Å². The SMILES string of the molecule is Cc1cnn([C@@H](C)CNC(=O)c2cc(CN(C)Cc3ccccc3)on2)c1. The van der Waals surface area contributed by atoms with Gasteiger partial charge in [-0.1, -0.05) is 35.5 Å². The van der Waals surface area contributed by atoms with Gasteiger partial charge in [-0.3, -0.25) is 14.4 Å². The first-order chi connectivity index (χ1) is 13.0. The third-order valence-corrected chi connectivity index (χ3v) is 4.25. The van der Waals surface area contributed by atoms with Gasteiger partial charge in [0, 0.05) is 25.4 Å². The third kappa shape index (κ3) is 5.27. The molecule has 2 heterocycles. The van der Waals surface area contributed by atoms with E-state index < -0.39 is 0 Å². The van der Waals surface area contributed by atoms with Crippen LogP contribution in [0.2, 0.25) is 0 Å². The molecule has 1 atom stereocenters. The number of nitrogens with zero attached hydrogens (tertiary/aromatic N) is 4. The van der Waals surface area contributed by atoms with Crippen LogP contribution in [0.5, 0.6) is 0 Å². The Hall–Kier alpha value is -2.93. The molecule has 0 unspecified atom stereocenters. The lowest BCUT2D eigenvalue weighted by Crippen LogP contribution is -2.30. The summed E-state index contributed by atoms with van der Waals surface area (Å²) in [5.74, 6) is 0.417. The van der Waals surface area contributed by atoms with Gasteiger partial charge in [0.25, 0.3) is 5.91 Å². The molecule has 142 valence electrons. The van der Waals surface area contributed by atoms with E-state index in [2.05, 4.69) is 32.6 Å². The number of hydrogen-bond donors (Lipinski definition) is 1. The quantitative estimate of drug-likeness (QED) is 0.662. The van der Waals surface area contributed by atoms with Gasteiger partial charge in [0.1, 0.15) is 0 Å². The van der Waals surface area contributed by atoms with E-state index in [1.165, 1.54) is 5.56 Å². The number of nitrogens with one attached hydrogen (secondary N) is 1. The molecule has 2 aromatic heterocycles. The summed E-state index contributed by atoms with van der Waals surface area (Å²) in [6.45, 7) is 5.83. The maximum Gasteiger partial charge on any atom is 0.273 e. The molecule has 0 fully saturated rings. The van der Waals surface area contributed by atoms with Crippen molar-refractivity contribution in [1.82, 2.24) is 25.2 Å². The number of carbonyl (C=O) groups is 1. The molecular weight excluding hydrogens is 342 g/mol. The number of amides is 1. The molecule has 1 aromatic carbocycles. The molecule has 1 amide bonds. The number of carbonyl (C=O) groups excluding carboxylic acids is 1. The molecule has 7 heteroatoms. The Kier molecular flexibility index (Phi) is 6.03. The lowest BCUT2D eigenvalue weighted by molar-refractivity contribution is 0.0938. The molecule has 0 aliphatic rings. The second kappa shape index (κ2) is 8.64. The Morgan fingerprint density at radius 3 is 2.78 bits per heavy atom. The van der Waals surface area contributed by atoms with Crippen LogP contribution < -0.4 is 5.32 Å². The van der Waals surface area contributed by atoms with E-state index in [-0.39, 0.29) is 11.9 Å². The zero-order valence-corrected chi connectivity index (χ0v) is 15.9. The summed E-state index contributed by atoms with van der Waals surface area (Å²) in [7, 11) is 2.00. The van der Waals surface area contributed by atoms with Crippen LogP contribution in [0.4, 0.5) is 0 Å². The lowest BCUT2D eigenvalue weighted by Gasteiger charge is -2.14. The highest BCUT2D eigenvalue weighted by molar-refractivity contribution is 5.92. The maximum atomic E-state index is 12.3. The molecule has 27 heavy (non-hydrogen) atoms. The van der Waals surface area contributed by atoms with Gasteiger partial charge in [0.2, 0.25) is 0 Å². The fraction of sp³-hybridized carbons (Fsp3) is 0.350. The molecule has 1 N–H and O–H groups in total. The van der Waals surface area contributed by atoms with Gasteiger partial charge >= 0.3 is 0 Å². The van der Waals surface area contributed by atoms with Gasteiger partial charge in [-0.05, 0) is 32.0 Å². The smallest absolute Gasteiger partial charge is 0.273 e. The molecule has 0 aliphatic carbocycles. The van der Waals surface area contributed by atoms with E-state index in [0.29, 0.717) is 24.5 Å². The van der Waals surface area contributed by atoms with Crippen molar-refractivity contribution in [3.63, 3.8) is 0 Å². The Morgan fingerprint density at radius 2 is 2.07 bits per heavy atom. The third-order valence-electron chi connectivity index (χ3n) is 4.25. The molecule has 7 nitrogen and oxygen atoms in total. The maximum absolute atomic E-state index is 12.3. The van der Waals surface area contributed by atoms with Gasteiger partial charge in [0.05, 0.1) is 18.8 Å². The van der Waals surface area contributed by atoms with Crippen LogP contribution in [0.15, 0.2) is 53.3 Å². The van der Waals surface area contributed by atoms with E-state index in [1.54, 1.807) is 12.3 Å². The Balaban J connectivity index is 1.49. The van der Waals surface area contributed by atoms with Crippen molar-refractivity contribution in [2.24, 2.45) is 0 Å². The summed E-state index contributed by atoms with van der Waals surface area (Å²) in [4.78, 5) is 14.4. The first kappa shape index (κ1) is 18.8. The molecule has 3 rings (SSSR count). The first-order valence-corrected chi connectivity index (χ1v) is 8.98. The molecule has 0 radical (unpaired) electrons. The van der Waals surface area contributed by atoms with Crippen LogP contribution in [0.3, 0.4) is 0 Å². The minimum absolute atomic E-state index is 0.0611. The molecule has 3 aromatic rings. The Morgan fingerprint density at radius 1 is 1.30 bits per heavy atom. The molecule has 0 aliphatic heterocycles. The van der Waals surface area contributed by atoms with Gasteiger partial charge in [0.15, 0.2) is 11.5 Å². The summed E-state index contributed by atoms with van der Waals surface area (Å²) >= 11 is 0. The predicted octanol–water partition coefficient (Wildman–Crippen LogP) is 2.80. The van der Waals surface area contributed by atoms with Crippen molar-refractivity contribution in [2.75, 3.05) is 13.6 Å². The van der Waals surface area contributed by atoms with Crippen LogP contribution in [-0.2, 0) is 13.1 Å². The second-order valence-corrected chi connectivity index (χ2v) is 6.89. The fourth-order valence-electron chi connectivity index (χ4n) is 2.81. The summed E-state index contributed by atoms with van der Waals surface area (Å²) < 4.78 is 7.15. The van der Waals surface area contributed by atoms with Crippen LogP contribution in [0.25, 0.3) is 0 Å². The predicted molar refractivity (Wildman–Crippen MR) is 102 cm³/mol. The van der Waals surface area contributed by atoms with Gasteiger partial charge in [-0.25, -0.2) is 0 Å². The van der Waals surface area contributed by atoms with Gasteiger partial charge in [-0.2, -0.15) is 5.10 Å². The Bertz CT molecular complexity index is 871. The molecule has 0 saturated heterocycles. The van der Waals surface area contributed by atoms with E-state index in [0.717, 1.165) is 12.1 Å². The highest BCUT2D eigenvalue weighted by atomic mass is 16.5. The van der Waals surface area contributed by atoms with E-state index in [4.69, 9.17) is 4.52 Å². The number of hydrogen-bond acceptors (Lipinski definition) is 5. The zero-order valence-electron chi connectivity index (χ0n) is 15.9. The lowest BCUT2D eigenvalue weighted by atomic mass is 10.2. The molecular formula is C20H25N5O2. The summed E-state index contributed by atoms with van der Waals surface area (Å²) in [6, 6.07) is 12.0. The fourth-order valence-corrected chi connectivity index (χ4v) is 2.81. The highest BCUT2D eigenvalue weighted by Gasteiger charge is 2.15. The van der Waals surface area contributed by atoms with Gasteiger partial charge < -0.3 is 9.84 Å². The monoisotopic (exact) mass is 367 g/mol. The minimum Gasteiger partial charge on any atom is -0.359 e. The van der Waals surface area contributed by atoms with Crippen molar-refractivity contribution in [2.45, 2.75) is 33.0 Å². The minimum atomic E-state index is -0.244. The summed E-state index contributed by atoms with van der Waals surface area (Å²) in [5.41, 5.74) is 2.61. The standard InChI is InChI=1S/C20H25N5O2/c1-15-10-22-25(12-15)16(2)11-21-20(26)19-9-18(27-23-19)14-24(3)13-17-7-5-4-6-8-17/h4-10,12,16H,11,13-14H2,1-3H3,(H,21,26)/t16-/m0/s1. The highest BCUT2D eigenvalue weighted by Crippen LogP contribution is 2.10. The number of benzene rings is 1. The van der Waals surface area contributed by atoms with Crippen LogP contribution >= 0.6 is 0 Å². The zero-order chi connectivity index (χ0) is 19.2. The average Bonchev–Trinajstić information content (AvgIpc) is 3.29. The van der Waals surface area contributed by atoms with Crippen molar-refractivity contribution in [1.29, 1.82) is 0 Å². The largest absolute Gasteiger partial charge is 0.359 e. The van der Waals surface area contributed by atoms with Crippen molar-refractivity contribution in [3.8, 4) is 0 Å². The van der Waals surface area contributed by atoms with Crippen LogP contribution in [-0.4, -0.2) is 39.3 Å². The number of aromatic nitrogens is 3. The first-order valence-electron chi connectivity index (χ1n) is 8.98. The van der Waals surface area contributed by atoms with Crippen molar-refractivity contribution in [3.05, 3.63) is 71.4 Å². The molecule has 0 saturated carbocycles. The Labute approximate surface area is 159 Å². The number of rotatable bonds is 8. The molecule has 0 spiro atoms. The van der Waals surface area contributed by atoms with Crippen molar-refractivity contribution >= 4 is 5.91 Å². The number of aryl methyl sites for hydroxylation is 1. The van der Waals surface area contributed by atoms with Crippen molar-refractivity contribution < 1.29 is 9.32 Å². The summed E-state index contributed by atoms with van der Waals surface area (Å²) in [6.07, 6.45) is 3.75. The van der Waals surface area contributed by atoms with E-state index in [1.807, 2.05) is 50.0 Å². The average molecular weight is 367 g/mol. The molecule has 0 bridgehead atoms. The second-order valence-electron chi connectivity index (χ2n) is 6.89. The van der Waals surface area contributed by atoms with E-state index in [9.17, 15) is 4.79 Å². The normalized spacial score (nSPS) is 12.3. The van der Waals surface area contributed by atoms with Crippen LogP contribution in [0.1, 0.15) is 40.3 Å². The van der Waals surface area contributed by atoms with E-state index >= 15 is 0 Å². The topological polar surface area (TPSA) is 76.2 Å². The van der Waals surface area contributed by atoms with Crippen LogP contribution in [0, 0.1) is 6.92 Å².